The average Bonchev–Trinajstić information content (AvgIpc) is 3.19. The molecule has 0 saturated carbocycles. The van der Waals surface area contributed by atoms with Crippen LogP contribution in [0.1, 0.15) is 64.9 Å². The average molecular weight is 470 g/mol. The Labute approximate surface area is 200 Å². The molecule has 0 unspecified atom stereocenters. The van der Waals surface area contributed by atoms with Gasteiger partial charge in [-0.05, 0) is 70.1 Å². The van der Waals surface area contributed by atoms with Crippen molar-refractivity contribution >= 4 is 29.5 Å². The summed E-state index contributed by atoms with van der Waals surface area (Å²) in [6.45, 7) is 7.62. The number of anilines is 1. The molecule has 0 atom stereocenters. The molecule has 2 aliphatic heterocycles. The van der Waals surface area contributed by atoms with Crippen LogP contribution in [0.3, 0.4) is 0 Å². The Bertz CT molecular complexity index is 1050. The molecule has 0 radical (unpaired) electrons. The summed E-state index contributed by atoms with van der Waals surface area (Å²) in [7, 11) is 0. The van der Waals surface area contributed by atoms with Gasteiger partial charge in [0, 0.05) is 32.3 Å². The first-order valence-corrected chi connectivity index (χ1v) is 12.2. The number of piperidine rings is 1. The zero-order chi connectivity index (χ0) is 24.3. The molecule has 2 fully saturated rings. The van der Waals surface area contributed by atoms with E-state index in [2.05, 4.69) is 22.4 Å². The van der Waals surface area contributed by atoms with Crippen LogP contribution in [0.5, 0.6) is 0 Å². The van der Waals surface area contributed by atoms with Gasteiger partial charge in [-0.3, -0.25) is 19.4 Å². The number of hydrogen-bond acceptors (Lipinski definition) is 5. The summed E-state index contributed by atoms with van der Waals surface area (Å²) in [5.41, 5.74) is 1.58. The summed E-state index contributed by atoms with van der Waals surface area (Å²) in [5, 5.41) is 2.35. The second kappa shape index (κ2) is 10.0. The molecule has 34 heavy (non-hydrogen) atoms. The number of pyridine rings is 1. The summed E-state index contributed by atoms with van der Waals surface area (Å²) < 4.78 is 7.37. The molecule has 4 rings (SSSR count). The smallest absolute Gasteiger partial charge is 0.410 e. The highest BCUT2D eigenvalue weighted by molar-refractivity contribution is 6.05. The Morgan fingerprint density at radius 2 is 1.94 bits per heavy atom. The zero-order valence-corrected chi connectivity index (χ0v) is 20.4. The van der Waals surface area contributed by atoms with Crippen LogP contribution >= 0.6 is 0 Å². The van der Waals surface area contributed by atoms with Crippen molar-refractivity contribution in [1.82, 2.24) is 19.6 Å². The first-order chi connectivity index (χ1) is 16.2. The van der Waals surface area contributed by atoms with Crippen molar-refractivity contribution in [3.05, 3.63) is 30.1 Å². The van der Waals surface area contributed by atoms with Crippen LogP contribution in [0.4, 0.5) is 15.4 Å². The van der Waals surface area contributed by atoms with E-state index in [1.807, 2.05) is 36.3 Å². The second-order valence-corrected chi connectivity index (χ2v) is 10.3. The molecule has 1 N–H and O–H groups in total. The number of nitrogens with one attached hydrogen (secondary N) is 1. The standard InChI is InChI=1S/C25H35N5O4/c1-25(2,3)34-24(33)28-12-8-18(9-13-28)6-4-5-7-19-10-14-29-20(16-19)26-17-22(29)30-15-11-21(31)27-23(30)32/h10,14,16-18H,4-9,11-13,15H2,1-3H3,(H,27,31,32). The fourth-order valence-electron chi connectivity index (χ4n) is 4.64. The Morgan fingerprint density at radius 3 is 2.65 bits per heavy atom. The van der Waals surface area contributed by atoms with E-state index in [-0.39, 0.29) is 18.4 Å². The Hall–Kier alpha value is -3.10. The molecular formula is C25H35N5O4. The van der Waals surface area contributed by atoms with Crippen LogP contribution in [0.25, 0.3) is 5.65 Å². The summed E-state index contributed by atoms with van der Waals surface area (Å²) >= 11 is 0. The minimum atomic E-state index is -0.447. The van der Waals surface area contributed by atoms with Crippen LogP contribution in [-0.2, 0) is 16.0 Å². The van der Waals surface area contributed by atoms with Gasteiger partial charge in [-0.25, -0.2) is 14.6 Å². The highest BCUT2D eigenvalue weighted by Gasteiger charge is 2.27. The predicted octanol–water partition coefficient (Wildman–Crippen LogP) is 4.14. The van der Waals surface area contributed by atoms with Gasteiger partial charge in [0.2, 0.25) is 5.91 Å². The number of hydrogen-bond donors (Lipinski definition) is 1. The van der Waals surface area contributed by atoms with Crippen LogP contribution in [-0.4, -0.2) is 57.6 Å². The molecule has 2 aromatic heterocycles. The lowest BCUT2D eigenvalue weighted by Gasteiger charge is -2.33. The van der Waals surface area contributed by atoms with Gasteiger partial charge in [0.25, 0.3) is 0 Å². The number of amides is 4. The Kier molecular flexibility index (Phi) is 7.09. The van der Waals surface area contributed by atoms with Gasteiger partial charge in [-0.15, -0.1) is 0 Å². The van der Waals surface area contributed by atoms with Gasteiger partial charge in [0.15, 0.2) is 0 Å². The van der Waals surface area contributed by atoms with Crippen molar-refractivity contribution in [2.75, 3.05) is 24.5 Å². The van der Waals surface area contributed by atoms with Gasteiger partial charge < -0.3 is 9.64 Å². The first kappa shape index (κ1) is 24.0. The number of aromatic nitrogens is 2. The van der Waals surface area contributed by atoms with E-state index in [1.165, 1.54) is 12.0 Å². The predicted molar refractivity (Wildman–Crippen MR) is 129 cm³/mol. The van der Waals surface area contributed by atoms with Crippen LogP contribution in [0.2, 0.25) is 0 Å². The lowest BCUT2D eigenvalue weighted by atomic mass is 9.91. The number of rotatable bonds is 6. The molecule has 9 nitrogen and oxygen atoms in total. The number of aryl methyl sites for hydroxylation is 1. The maximum atomic E-state index is 12.2. The quantitative estimate of drug-likeness (QED) is 0.642. The van der Waals surface area contributed by atoms with Crippen molar-refractivity contribution in [2.24, 2.45) is 5.92 Å². The van der Waals surface area contributed by atoms with E-state index < -0.39 is 11.6 Å². The molecule has 0 spiro atoms. The minimum Gasteiger partial charge on any atom is -0.444 e. The van der Waals surface area contributed by atoms with Crippen molar-refractivity contribution in [3.63, 3.8) is 0 Å². The molecule has 2 aromatic rings. The topological polar surface area (TPSA) is 96.3 Å². The molecule has 0 aliphatic carbocycles. The van der Waals surface area contributed by atoms with E-state index in [0.717, 1.165) is 50.8 Å². The zero-order valence-electron chi connectivity index (χ0n) is 20.4. The van der Waals surface area contributed by atoms with Gasteiger partial charge in [0.05, 0.1) is 6.20 Å². The summed E-state index contributed by atoms with van der Waals surface area (Å²) in [6, 6.07) is 3.74. The molecule has 2 saturated heterocycles. The highest BCUT2D eigenvalue weighted by Crippen LogP contribution is 2.25. The maximum absolute atomic E-state index is 12.2. The summed E-state index contributed by atoms with van der Waals surface area (Å²) in [6.07, 6.45) is 10.2. The third-order valence-electron chi connectivity index (χ3n) is 6.48. The number of likely N-dealkylation sites (tertiary alicyclic amines) is 1. The van der Waals surface area contributed by atoms with Crippen molar-refractivity contribution in [3.8, 4) is 0 Å². The second-order valence-electron chi connectivity index (χ2n) is 10.3. The molecule has 4 amide bonds. The number of carbonyl (C=O) groups excluding carboxylic acids is 3. The normalized spacial score (nSPS) is 17.9. The van der Waals surface area contributed by atoms with E-state index >= 15 is 0 Å². The van der Waals surface area contributed by atoms with Gasteiger partial charge in [0.1, 0.15) is 17.1 Å². The molecule has 0 bridgehead atoms. The SMILES string of the molecule is CC(C)(C)OC(=O)N1CCC(CCCCc2ccn3c(N4CCC(=O)NC4=O)cnc3c2)CC1. The van der Waals surface area contributed by atoms with E-state index in [1.54, 1.807) is 11.1 Å². The largest absolute Gasteiger partial charge is 0.444 e. The minimum absolute atomic E-state index is 0.196. The number of urea groups is 1. The highest BCUT2D eigenvalue weighted by atomic mass is 16.6. The van der Waals surface area contributed by atoms with Crippen LogP contribution < -0.4 is 10.2 Å². The molecule has 0 aromatic carbocycles. The number of ether oxygens (including phenoxy) is 1. The lowest BCUT2D eigenvalue weighted by molar-refractivity contribution is -0.120. The van der Waals surface area contributed by atoms with Crippen molar-refractivity contribution < 1.29 is 19.1 Å². The van der Waals surface area contributed by atoms with Gasteiger partial charge in [-0.2, -0.15) is 0 Å². The molecular weight excluding hydrogens is 434 g/mol. The summed E-state index contributed by atoms with van der Waals surface area (Å²) in [5.74, 6) is 1.09. The third kappa shape index (κ3) is 5.87. The Morgan fingerprint density at radius 1 is 1.18 bits per heavy atom. The maximum Gasteiger partial charge on any atom is 0.410 e. The number of unbranched alkanes of at least 4 members (excludes halogenated alkanes) is 1. The van der Waals surface area contributed by atoms with E-state index in [4.69, 9.17) is 4.74 Å². The van der Waals surface area contributed by atoms with Gasteiger partial charge >= 0.3 is 12.1 Å². The van der Waals surface area contributed by atoms with E-state index in [0.29, 0.717) is 18.3 Å². The van der Waals surface area contributed by atoms with Crippen LogP contribution in [0.15, 0.2) is 24.5 Å². The van der Waals surface area contributed by atoms with Crippen molar-refractivity contribution in [2.45, 2.75) is 71.3 Å². The number of imide groups is 1. The number of nitrogens with zero attached hydrogens (tertiary/aromatic N) is 4. The monoisotopic (exact) mass is 469 g/mol. The molecule has 9 heteroatoms. The summed E-state index contributed by atoms with van der Waals surface area (Å²) in [4.78, 5) is 43.6. The fourth-order valence-corrected chi connectivity index (χ4v) is 4.64. The number of imidazole rings is 1. The lowest BCUT2D eigenvalue weighted by Crippen LogP contribution is -2.50. The molecule has 184 valence electrons. The third-order valence-corrected chi connectivity index (χ3v) is 6.48. The first-order valence-electron chi connectivity index (χ1n) is 12.2. The number of fused-ring (bicyclic) bond motifs is 1. The molecule has 2 aliphatic rings. The van der Waals surface area contributed by atoms with Crippen molar-refractivity contribution in [1.29, 1.82) is 0 Å². The van der Waals surface area contributed by atoms with Crippen LogP contribution in [0, 0.1) is 5.92 Å². The Balaban J connectivity index is 1.22. The number of carbonyl (C=O) groups is 3. The van der Waals surface area contributed by atoms with E-state index in [9.17, 15) is 14.4 Å². The van der Waals surface area contributed by atoms with Gasteiger partial charge in [-0.1, -0.05) is 12.8 Å². The fraction of sp³-hybridized carbons (Fsp3) is 0.600. The molecule has 4 heterocycles.